The fourth-order valence-corrected chi connectivity index (χ4v) is 3.55. The molecule has 0 fully saturated rings. The Kier molecular flexibility index (Phi) is 6.11. The Labute approximate surface area is 182 Å². The Hall–Kier alpha value is -3.82. The van der Waals surface area contributed by atoms with E-state index in [0.29, 0.717) is 23.1 Å². The molecule has 0 saturated heterocycles. The van der Waals surface area contributed by atoms with Crippen LogP contribution in [-0.2, 0) is 17.9 Å². The summed E-state index contributed by atoms with van der Waals surface area (Å²) in [7, 11) is 0. The average Bonchev–Trinajstić information content (AvgIpc) is 3.04. The topological polar surface area (TPSA) is 122 Å². The van der Waals surface area contributed by atoms with Gasteiger partial charge in [-0.15, -0.1) is 0 Å². The maximum atomic E-state index is 12.5. The third-order valence-corrected chi connectivity index (χ3v) is 5.24. The van der Waals surface area contributed by atoms with Crippen molar-refractivity contribution in [2.24, 2.45) is 0 Å². The maximum absolute atomic E-state index is 12.5. The summed E-state index contributed by atoms with van der Waals surface area (Å²) in [6, 6.07) is 15.8. The number of nitrogens with zero attached hydrogens (tertiary/aromatic N) is 2. The minimum Gasteiger partial charge on any atom is -0.394 e. The first kappa shape index (κ1) is 21.4. The highest BCUT2D eigenvalue weighted by Crippen LogP contribution is 2.22. The molecule has 0 radical (unpaired) electrons. The van der Waals surface area contributed by atoms with Crippen molar-refractivity contribution in [1.82, 2.24) is 14.5 Å². The minimum absolute atomic E-state index is 0.169. The van der Waals surface area contributed by atoms with Crippen LogP contribution >= 0.6 is 0 Å². The highest BCUT2D eigenvalue weighted by molar-refractivity contribution is 6.21. The molecule has 0 aliphatic carbocycles. The number of imide groups is 1. The molecule has 2 N–H and O–H groups in total. The van der Waals surface area contributed by atoms with Crippen molar-refractivity contribution in [3.05, 3.63) is 104 Å². The maximum Gasteiger partial charge on any atom is 0.330 e. The Balaban J connectivity index is 1.46. The summed E-state index contributed by atoms with van der Waals surface area (Å²) in [5.74, 6) is -0.919. The zero-order valence-corrected chi connectivity index (χ0v) is 17.1. The van der Waals surface area contributed by atoms with Crippen LogP contribution in [0, 0.1) is 0 Å². The van der Waals surface area contributed by atoms with Gasteiger partial charge in [-0.1, -0.05) is 42.5 Å². The molecule has 1 aliphatic heterocycles. The van der Waals surface area contributed by atoms with E-state index in [4.69, 9.17) is 4.74 Å². The number of H-pyrrole nitrogens is 1. The summed E-state index contributed by atoms with van der Waals surface area (Å²) in [6.45, 7) is -0.911. The van der Waals surface area contributed by atoms with Crippen molar-refractivity contribution in [3.8, 4) is 0 Å². The van der Waals surface area contributed by atoms with Gasteiger partial charge in [0.25, 0.3) is 17.4 Å². The zero-order chi connectivity index (χ0) is 22.7. The lowest BCUT2D eigenvalue weighted by Gasteiger charge is -2.21. The number of hydrogen-bond donors (Lipinski definition) is 2. The van der Waals surface area contributed by atoms with Gasteiger partial charge < -0.3 is 9.84 Å². The fourth-order valence-electron chi connectivity index (χ4n) is 3.55. The molecule has 0 bridgehead atoms. The normalized spacial score (nSPS) is 14.0. The molecule has 3 aromatic rings. The van der Waals surface area contributed by atoms with E-state index in [1.54, 1.807) is 24.3 Å². The number of carbonyl (C=O) groups is 2. The monoisotopic (exact) mass is 435 g/mol. The number of aliphatic hydroxyl groups is 1. The van der Waals surface area contributed by atoms with E-state index >= 15 is 0 Å². The van der Waals surface area contributed by atoms with Gasteiger partial charge >= 0.3 is 5.69 Å². The molecule has 1 unspecified atom stereocenters. The zero-order valence-electron chi connectivity index (χ0n) is 17.1. The Morgan fingerprint density at radius 1 is 0.906 bits per heavy atom. The Morgan fingerprint density at radius 2 is 1.53 bits per heavy atom. The summed E-state index contributed by atoms with van der Waals surface area (Å²) in [5, 5.41) is 9.70. The van der Waals surface area contributed by atoms with Gasteiger partial charge in [0.05, 0.1) is 24.3 Å². The quantitative estimate of drug-likeness (QED) is 0.504. The molecule has 1 atom stereocenters. The number of hydrogen-bond acceptors (Lipinski definition) is 6. The summed E-state index contributed by atoms with van der Waals surface area (Å²) >= 11 is 0. The molecule has 0 spiro atoms. The molecule has 2 amide bonds. The van der Waals surface area contributed by atoms with Gasteiger partial charge in [-0.2, -0.15) is 0 Å². The lowest BCUT2D eigenvalue weighted by Crippen LogP contribution is -2.41. The van der Waals surface area contributed by atoms with E-state index in [1.165, 1.54) is 10.8 Å². The third kappa shape index (κ3) is 4.29. The van der Waals surface area contributed by atoms with E-state index < -0.39 is 35.8 Å². The van der Waals surface area contributed by atoms with E-state index in [2.05, 4.69) is 4.98 Å². The number of rotatable bonds is 8. The number of carbonyl (C=O) groups excluding carboxylic acids is 2. The van der Waals surface area contributed by atoms with E-state index in [-0.39, 0.29) is 13.3 Å². The Morgan fingerprint density at radius 3 is 2.16 bits per heavy atom. The first-order chi connectivity index (χ1) is 15.5. The van der Waals surface area contributed by atoms with Crippen LogP contribution in [0.3, 0.4) is 0 Å². The van der Waals surface area contributed by atoms with Crippen molar-refractivity contribution in [3.63, 3.8) is 0 Å². The van der Waals surface area contributed by atoms with Crippen LogP contribution in [-0.4, -0.2) is 50.6 Å². The van der Waals surface area contributed by atoms with E-state index in [0.717, 1.165) is 10.5 Å². The summed E-state index contributed by atoms with van der Waals surface area (Å²) in [4.78, 5) is 52.7. The van der Waals surface area contributed by atoms with Gasteiger partial charge in [-0.3, -0.25) is 28.8 Å². The first-order valence-corrected chi connectivity index (χ1v) is 10.0. The highest BCUT2D eigenvalue weighted by Gasteiger charge is 2.36. The first-order valence-electron chi connectivity index (χ1n) is 10.0. The van der Waals surface area contributed by atoms with Crippen LogP contribution in [0.5, 0.6) is 0 Å². The summed E-state index contributed by atoms with van der Waals surface area (Å²) < 4.78 is 6.78. The minimum atomic E-state index is -0.909. The van der Waals surface area contributed by atoms with Crippen LogP contribution in [0.4, 0.5) is 0 Å². The molecule has 4 rings (SSSR count). The number of fused-ring (bicyclic) bond motifs is 1. The molecule has 164 valence electrons. The van der Waals surface area contributed by atoms with Crippen LogP contribution in [0.25, 0.3) is 0 Å². The predicted molar refractivity (Wildman–Crippen MR) is 114 cm³/mol. The van der Waals surface area contributed by atoms with Gasteiger partial charge in [0.2, 0.25) is 0 Å². The van der Waals surface area contributed by atoms with Gasteiger partial charge in [-0.25, -0.2) is 4.79 Å². The molecule has 1 aliphatic rings. The standard InChI is InChI=1S/C23H21N3O6/c27-13-17(12-26-21(29)18-8-4-5-9-19(18)22(26)30)32-14-25-11-16(20(28)24-23(25)31)10-15-6-2-1-3-7-15/h1-9,11,17,27H,10,12-14H2,(H,24,28,31). The van der Waals surface area contributed by atoms with Crippen LogP contribution < -0.4 is 11.2 Å². The van der Waals surface area contributed by atoms with Crippen LogP contribution in [0.1, 0.15) is 31.8 Å². The molecular formula is C23H21N3O6. The lowest BCUT2D eigenvalue weighted by atomic mass is 10.1. The molecule has 1 aromatic heterocycles. The van der Waals surface area contributed by atoms with Gasteiger partial charge in [0.15, 0.2) is 0 Å². The van der Waals surface area contributed by atoms with Gasteiger partial charge in [0.1, 0.15) is 12.8 Å². The van der Waals surface area contributed by atoms with Gasteiger partial charge in [0, 0.05) is 18.2 Å². The molecule has 2 heterocycles. The second-order valence-corrected chi connectivity index (χ2v) is 7.41. The smallest absolute Gasteiger partial charge is 0.330 e. The van der Waals surface area contributed by atoms with Crippen LogP contribution in [0.2, 0.25) is 0 Å². The number of aliphatic hydroxyl groups excluding tert-OH is 1. The van der Waals surface area contributed by atoms with E-state index in [9.17, 15) is 24.3 Å². The number of nitrogens with one attached hydrogen (secondary N) is 1. The van der Waals surface area contributed by atoms with Crippen molar-refractivity contribution >= 4 is 11.8 Å². The molecule has 2 aromatic carbocycles. The number of amides is 2. The second-order valence-electron chi connectivity index (χ2n) is 7.41. The molecule has 9 nitrogen and oxygen atoms in total. The average molecular weight is 435 g/mol. The fraction of sp³-hybridized carbons (Fsp3) is 0.217. The summed E-state index contributed by atoms with van der Waals surface area (Å²) in [5.41, 5.74) is 0.737. The number of benzene rings is 2. The van der Waals surface area contributed by atoms with Gasteiger partial charge in [-0.05, 0) is 17.7 Å². The SMILES string of the molecule is O=C1c2ccccc2C(=O)N1CC(CO)OCn1cc(Cc2ccccc2)c(=O)[nH]c1=O. The van der Waals surface area contributed by atoms with Crippen LogP contribution in [0.15, 0.2) is 70.4 Å². The third-order valence-electron chi connectivity index (χ3n) is 5.24. The van der Waals surface area contributed by atoms with Crippen molar-refractivity contribution < 1.29 is 19.4 Å². The van der Waals surface area contributed by atoms with E-state index in [1.807, 2.05) is 30.3 Å². The van der Waals surface area contributed by atoms with Crippen molar-refractivity contribution in [1.29, 1.82) is 0 Å². The number of aromatic amines is 1. The molecule has 9 heteroatoms. The second kappa shape index (κ2) is 9.13. The molecule has 32 heavy (non-hydrogen) atoms. The summed E-state index contributed by atoms with van der Waals surface area (Å²) in [6.07, 6.45) is 0.827. The largest absolute Gasteiger partial charge is 0.394 e. The number of aromatic nitrogens is 2. The predicted octanol–water partition coefficient (Wildman–Crippen LogP) is 0.759. The number of ether oxygens (including phenoxy) is 1. The van der Waals surface area contributed by atoms with Crippen molar-refractivity contribution in [2.75, 3.05) is 13.2 Å². The Bertz CT molecular complexity index is 1230. The lowest BCUT2D eigenvalue weighted by molar-refractivity contribution is -0.0354. The molecular weight excluding hydrogens is 414 g/mol. The van der Waals surface area contributed by atoms with Crippen molar-refractivity contribution in [2.45, 2.75) is 19.3 Å². The molecule has 0 saturated carbocycles. The highest BCUT2D eigenvalue weighted by atomic mass is 16.5.